The lowest BCUT2D eigenvalue weighted by Gasteiger charge is -2.28. The molecule has 0 radical (unpaired) electrons. The van der Waals surface area contributed by atoms with Gasteiger partial charge in [-0.15, -0.1) is 0 Å². The zero-order valence-electron chi connectivity index (χ0n) is 7.45. The van der Waals surface area contributed by atoms with Crippen LogP contribution in [-0.4, -0.2) is 11.7 Å². The fourth-order valence-electron chi connectivity index (χ4n) is 1.07. The Hall–Kier alpha value is -0.380. The van der Waals surface area contributed by atoms with Gasteiger partial charge in [-0.2, -0.15) is 11.3 Å². The highest BCUT2D eigenvalue weighted by atomic mass is 32.1. The maximum Gasteiger partial charge on any atom is 0.0913 e. The molecule has 0 aliphatic heterocycles. The van der Waals surface area contributed by atoms with Crippen LogP contribution in [0.1, 0.15) is 19.4 Å². The van der Waals surface area contributed by atoms with Crippen molar-refractivity contribution in [1.82, 2.24) is 0 Å². The first kappa shape index (κ1) is 9.71. The number of hydrogen-bond donors (Lipinski definition) is 2. The van der Waals surface area contributed by atoms with Crippen LogP contribution in [0.25, 0.3) is 0 Å². The molecule has 0 saturated carbocycles. The summed E-state index contributed by atoms with van der Waals surface area (Å²) in [6.07, 6.45) is 0. The fourth-order valence-corrected chi connectivity index (χ4v) is 1.83. The van der Waals surface area contributed by atoms with Crippen molar-refractivity contribution < 1.29 is 5.11 Å². The first-order valence-corrected chi connectivity index (χ1v) is 4.98. The van der Waals surface area contributed by atoms with Gasteiger partial charge < -0.3 is 10.8 Å². The van der Waals surface area contributed by atoms with E-state index in [2.05, 4.69) is 0 Å². The third-order valence-corrected chi connectivity index (χ3v) is 3.10. The van der Waals surface area contributed by atoms with Crippen LogP contribution in [0, 0.1) is 5.92 Å². The van der Waals surface area contributed by atoms with E-state index in [-0.39, 0.29) is 5.92 Å². The van der Waals surface area contributed by atoms with E-state index >= 15 is 0 Å². The standard InChI is InChI=1S/C9H15NOS/c1-7(5-10)9(2,11)8-3-4-12-6-8/h3-4,6-7,11H,5,10H2,1-2H3. The smallest absolute Gasteiger partial charge is 0.0913 e. The molecule has 1 heterocycles. The summed E-state index contributed by atoms with van der Waals surface area (Å²) in [4.78, 5) is 0. The zero-order valence-corrected chi connectivity index (χ0v) is 8.27. The van der Waals surface area contributed by atoms with E-state index in [0.29, 0.717) is 6.54 Å². The second kappa shape index (κ2) is 3.56. The van der Waals surface area contributed by atoms with Crippen LogP contribution < -0.4 is 5.73 Å². The Balaban J connectivity index is 2.85. The normalized spacial score (nSPS) is 18.7. The van der Waals surface area contributed by atoms with Gasteiger partial charge in [0.1, 0.15) is 0 Å². The van der Waals surface area contributed by atoms with Gasteiger partial charge in [-0.3, -0.25) is 0 Å². The van der Waals surface area contributed by atoms with Gasteiger partial charge in [0.25, 0.3) is 0 Å². The Morgan fingerprint density at radius 1 is 1.75 bits per heavy atom. The van der Waals surface area contributed by atoms with Gasteiger partial charge in [-0.1, -0.05) is 6.92 Å². The van der Waals surface area contributed by atoms with Gasteiger partial charge in [0.05, 0.1) is 5.60 Å². The predicted octanol–water partition coefficient (Wildman–Crippen LogP) is 1.55. The van der Waals surface area contributed by atoms with Crippen molar-refractivity contribution in [1.29, 1.82) is 0 Å². The molecule has 2 nitrogen and oxygen atoms in total. The van der Waals surface area contributed by atoms with Crippen LogP contribution >= 0.6 is 11.3 Å². The molecule has 3 heteroatoms. The second-order valence-corrected chi connectivity index (χ2v) is 4.08. The molecule has 68 valence electrons. The number of aliphatic hydroxyl groups is 1. The molecule has 2 unspecified atom stereocenters. The first-order chi connectivity index (χ1) is 5.59. The fraction of sp³-hybridized carbons (Fsp3) is 0.556. The summed E-state index contributed by atoms with van der Waals surface area (Å²) in [6, 6.07) is 1.94. The summed E-state index contributed by atoms with van der Waals surface area (Å²) in [5.41, 5.74) is 5.69. The highest BCUT2D eigenvalue weighted by Gasteiger charge is 2.29. The van der Waals surface area contributed by atoms with E-state index in [9.17, 15) is 5.11 Å². The molecule has 12 heavy (non-hydrogen) atoms. The molecule has 2 atom stereocenters. The van der Waals surface area contributed by atoms with Crippen LogP contribution in [0.5, 0.6) is 0 Å². The molecule has 0 spiro atoms. The Labute approximate surface area is 77.0 Å². The summed E-state index contributed by atoms with van der Waals surface area (Å²) in [5, 5.41) is 14.0. The number of thiophene rings is 1. The number of hydrogen-bond acceptors (Lipinski definition) is 3. The molecular formula is C9H15NOS. The van der Waals surface area contributed by atoms with Crippen LogP contribution in [0.15, 0.2) is 16.8 Å². The van der Waals surface area contributed by atoms with Crippen molar-refractivity contribution in [2.75, 3.05) is 6.54 Å². The van der Waals surface area contributed by atoms with E-state index in [1.807, 2.05) is 30.7 Å². The van der Waals surface area contributed by atoms with E-state index in [1.54, 1.807) is 11.3 Å². The Morgan fingerprint density at radius 3 is 2.83 bits per heavy atom. The second-order valence-electron chi connectivity index (χ2n) is 3.30. The van der Waals surface area contributed by atoms with Gasteiger partial charge in [-0.25, -0.2) is 0 Å². The molecule has 0 aliphatic rings. The van der Waals surface area contributed by atoms with E-state index < -0.39 is 5.60 Å². The summed E-state index contributed by atoms with van der Waals surface area (Å²) in [7, 11) is 0. The van der Waals surface area contributed by atoms with Crippen molar-refractivity contribution in [3.8, 4) is 0 Å². The van der Waals surface area contributed by atoms with Crippen LogP contribution in [-0.2, 0) is 5.60 Å². The molecular weight excluding hydrogens is 170 g/mol. The average Bonchev–Trinajstić information content (AvgIpc) is 2.55. The van der Waals surface area contributed by atoms with Crippen LogP contribution in [0.4, 0.5) is 0 Å². The van der Waals surface area contributed by atoms with Crippen molar-refractivity contribution in [3.63, 3.8) is 0 Å². The van der Waals surface area contributed by atoms with Crippen LogP contribution in [0.3, 0.4) is 0 Å². The molecule has 0 amide bonds. The average molecular weight is 185 g/mol. The minimum absolute atomic E-state index is 0.0899. The Kier molecular flexibility index (Phi) is 2.88. The first-order valence-electron chi connectivity index (χ1n) is 4.04. The molecule has 3 N–H and O–H groups in total. The summed E-state index contributed by atoms with van der Waals surface area (Å²) >= 11 is 1.59. The van der Waals surface area contributed by atoms with Gasteiger partial charge in [-0.05, 0) is 35.9 Å². The molecule has 1 aromatic heterocycles. The highest BCUT2D eigenvalue weighted by Crippen LogP contribution is 2.29. The van der Waals surface area contributed by atoms with Crippen LogP contribution in [0.2, 0.25) is 0 Å². The zero-order chi connectivity index (χ0) is 9.19. The van der Waals surface area contributed by atoms with E-state index in [0.717, 1.165) is 5.56 Å². The Bertz CT molecular complexity index is 231. The molecule has 0 aromatic carbocycles. The van der Waals surface area contributed by atoms with E-state index in [1.165, 1.54) is 0 Å². The largest absolute Gasteiger partial charge is 0.385 e. The summed E-state index contributed by atoms with van der Waals surface area (Å²) in [5.74, 6) is 0.0899. The molecule has 1 rings (SSSR count). The van der Waals surface area contributed by atoms with Crippen molar-refractivity contribution >= 4 is 11.3 Å². The number of nitrogens with two attached hydrogens (primary N) is 1. The lowest BCUT2D eigenvalue weighted by Crippen LogP contribution is -2.34. The SMILES string of the molecule is CC(CN)C(C)(O)c1ccsc1. The molecule has 0 bridgehead atoms. The lowest BCUT2D eigenvalue weighted by molar-refractivity contribution is 0.00560. The monoisotopic (exact) mass is 185 g/mol. The minimum atomic E-state index is -0.783. The minimum Gasteiger partial charge on any atom is -0.385 e. The lowest BCUT2D eigenvalue weighted by atomic mass is 9.86. The quantitative estimate of drug-likeness (QED) is 0.750. The van der Waals surface area contributed by atoms with E-state index in [4.69, 9.17) is 5.73 Å². The third-order valence-electron chi connectivity index (χ3n) is 2.42. The molecule has 0 saturated heterocycles. The maximum atomic E-state index is 10.1. The predicted molar refractivity (Wildman–Crippen MR) is 52.1 cm³/mol. The van der Waals surface area contributed by atoms with Crippen molar-refractivity contribution in [2.45, 2.75) is 19.4 Å². The van der Waals surface area contributed by atoms with Gasteiger partial charge >= 0.3 is 0 Å². The van der Waals surface area contributed by atoms with Gasteiger partial charge in [0.15, 0.2) is 0 Å². The summed E-state index contributed by atoms with van der Waals surface area (Å²) in [6.45, 7) is 4.27. The van der Waals surface area contributed by atoms with Crippen molar-refractivity contribution in [3.05, 3.63) is 22.4 Å². The molecule has 0 aliphatic carbocycles. The molecule has 0 fully saturated rings. The highest BCUT2D eigenvalue weighted by molar-refractivity contribution is 7.08. The van der Waals surface area contributed by atoms with Gasteiger partial charge in [0.2, 0.25) is 0 Å². The summed E-state index contributed by atoms with van der Waals surface area (Å²) < 4.78 is 0. The maximum absolute atomic E-state index is 10.1. The topological polar surface area (TPSA) is 46.2 Å². The number of rotatable bonds is 3. The Morgan fingerprint density at radius 2 is 2.42 bits per heavy atom. The molecule has 1 aromatic rings. The van der Waals surface area contributed by atoms with Gasteiger partial charge in [0, 0.05) is 5.92 Å². The third kappa shape index (κ3) is 1.68. The van der Waals surface area contributed by atoms with Crippen molar-refractivity contribution in [2.24, 2.45) is 11.7 Å².